The molecule has 9 heteroatoms. The van der Waals surface area contributed by atoms with Crippen molar-refractivity contribution < 1.29 is 37.9 Å². The number of ether oxygens (including phenoxy) is 2. The van der Waals surface area contributed by atoms with Crippen LogP contribution in [0, 0.1) is 0 Å². The maximum Gasteiger partial charge on any atom is 0.469 e. The molecular formula is C45H85O8P. The Morgan fingerprint density at radius 3 is 1.13 bits per heavy atom. The summed E-state index contributed by atoms with van der Waals surface area (Å²) in [6.45, 7) is 3.69. The van der Waals surface area contributed by atoms with E-state index in [1.807, 2.05) is 0 Å². The molecule has 2 N–H and O–H groups in total. The SMILES string of the molecule is CCCCCCCC/C=C\CCCCCCCCCCCCCC(=O)OC[C@H](COP(=O)(O)O)OC(=O)CCCCCCC/C=C\CCCCCCCC. The minimum Gasteiger partial charge on any atom is -0.462 e. The molecule has 0 aliphatic heterocycles. The molecule has 0 aromatic carbocycles. The van der Waals surface area contributed by atoms with Crippen LogP contribution in [0.5, 0.6) is 0 Å². The molecule has 0 unspecified atom stereocenters. The number of rotatable bonds is 42. The molecule has 8 nitrogen and oxygen atoms in total. The Bertz CT molecular complexity index is 931. The van der Waals surface area contributed by atoms with Crippen LogP contribution < -0.4 is 0 Å². The lowest BCUT2D eigenvalue weighted by Gasteiger charge is -2.18. The average molecular weight is 785 g/mol. The fourth-order valence-corrected chi connectivity index (χ4v) is 6.90. The maximum atomic E-state index is 12.4. The van der Waals surface area contributed by atoms with Gasteiger partial charge in [-0.1, -0.05) is 179 Å². The Hall–Kier alpha value is -1.47. The van der Waals surface area contributed by atoms with Gasteiger partial charge in [0.2, 0.25) is 0 Å². The highest BCUT2D eigenvalue weighted by Crippen LogP contribution is 2.36. The van der Waals surface area contributed by atoms with E-state index in [-0.39, 0.29) is 19.4 Å². The van der Waals surface area contributed by atoms with Crippen LogP contribution in [0.25, 0.3) is 0 Å². The smallest absolute Gasteiger partial charge is 0.462 e. The van der Waals surface area contributed by atoms with E-state index in [1.165, 1.54) is 148 Å². The second kappa shape index (κ2) is 41.2. The molecule has 1 atom stereocenters. The number of esters is 2. The van der Waals surface area contributed by atoms with Crippen molar-refractivity contribution in [2.24, 2.45) is 0 Å². The van der Waals surface area contributed by atoms with Crippen LogP contribution >= 0.6 is 7.82 Å². The molecule has 0 aliphatic carbocycles. The minimum atomic E-state index is -4.75. The Morgan fingerprint density at radius 2 is 0.778 bits per heavy atom. The van der Waals surface area contributed by atoms with Gasteiger partial charge in [0.15, 0.2) is 6.10 Å². The number of phosphoric acid groups is 1. The van der Waals surface area contributed by atoms with Gasteiger partial charge in [0.25, 0.3) is 0 Å². The van der Waals surface area contributed by atoms with Crippen LogP contribution in [0.15, 0.2) is 24.3 Å². The average Bonchev–Trinajstić information content (AvgIpc) is 3.14. The van der Waals surface area contributed by atoms with Crippen LogP contribution in [0.1, 0.15) is 232 Å². The number of carbonyl (C=O) groups is 2. The lowest BCUT2D eigenvalue weighted by Crippen LogP contribution is -2.29. The van der Waals surface area contributed by atoms with Crippen molar-refractivity contribution in [3.63, 3.8) is 0 Å². The monoisotopic (exact) mass is 785 g/mol. The van der Waals surface area contributed by atoms with E-state index in [0.29, 0.717) is 6.42 Å². The fourth-order valence-electron chi connectivity index (χ4n) is 6.54. The molecule has 0 saturated heterocycles. The number of carbonyl (C=O) groups excluding carboxylic acids is 2. The van der Waals surface area contributed by atoms with Gasteiger partial charge in [0.1, 0.15) is 6.61 Å². The molecule has 0 radical (unpaired) electrons. The van der Waals surface area contributed by atoms with E-state index in [2.05, 4.69) is 42.7 Å². The van der Waals surface area contributed by atoms with Gasteiger partial charge in [0, 0.05) is 12.8 Å². The Balaban J connectivity index is 3.85. The minimum absolute atomic E-state index is 0.204. The molecule has 0 aliphatic rings. The first-order valence-electron chi connectivity index (χ1n) is 22.6. The molecule has 0 aromatic rings. The zero-order valence-corrected chi connectivity index (χ0v) is 36.0. The summed E-state index contributed by atoms with van der Waals surface area (Å²) in [4.78, 5) is 42.9. The number of hydrogen-bond acceptors (Lipinski definition) is 6. The summed E-state index contributed by atoms with van der Waals surface area (Å²) in [6.07, 6.45) is 47.6. The summed E-state index contributed by atoms with van der Waals surface area (Å²) in [5, 5.41) is 0. The van der Waals surface area contributed by atoms with Crippen molar-refractivity contribution in [3.8, 4) is 0 Å². The van der Waals surface area contributed by atoms with Crippen molar-refractivity contribution in [2.75, 3.05) is 13.2 Å². The van der Waals surface area contributed by atoms with Gasteiger partial charge in [-0.15, -0.1) is 0 Å². The second-order valence-corrected chi connectivity index (χ2v) is 16.6. The van der Waals surface area contributed by atoms with Crippen molar-refractivity contribution >= 4 is 19.8 Å². The summed E-state index contributed by atoms with van der Waals surface area (Å²) >= 11 is 0. The van der Waals surface area contributed by atoms with Crippen LogP contribution in [0.2, 0.25) is 0 Å². The molecule has 0 fully saturated rings. The molecule has 318 valence electrons. The number of unbranched alkanes of at least 4 members (excludes halogenated alkanes) is 28. The highest BCUT2D eigenvalue weighted by Gasteiger charge is 2.22. The normalized spacial score (nSPS) is 12.6. The predicted octanol–water partition coefficient (Wildman–Crippen LogP) is 14.0. The largest absolute Gasteiger partial charge is 0.469 e. The highest BCUT2D eigenvalue weighted by atomic mass is 31.2. The number of phosphoric ester groups is 1. The molecule has 0 aromatic heterocycles. The van der Waals surface area contributed by atoms with E-state index < -0.39 is 32.5 Å². The topological polar surface area (TPSA) is 119 Å². The van der Waals surface area contributed by atoms with E-state index in [0.717, 1.165) is 51.4 Å². The first-order valence-corrected chi connectivity index (χ1v) is 24.2. The number of allylic oxidation sites excluding steroid dienone is 4. The second-order valence-electron chi connectivity index (χ2n) is 15.4. The lowest BCUT2D eigenvalue weighted by atomic mass is 10.0. The van der Waals surface area contributed by atoms with Gasteiger partial charge in [-0.2, -0.15) is 0 Å². The van der Waals surface area contributed by atoms with Gasteiger partial charge in [-0.3, -0.25) is 14.1 Å². The van der Waals surface area contributed by atoms with Crippen LogP contribution in [0.4, 0.5) is 0 Å². The van der Waals surface area contributed by atoms with Crippen molar-refractivity contribution in [2.45, 2.75) is 238 Å². The van der Waals surface area contributed by atoms with Gasteiger partial charge in [0.05, 0.1) is 6.61 Å². The third kappa shape index (κ3) is 43.3. The summed E-state index contributed by atoms with van der Waals surface area (Å²) in [5.41, 5.74) is 0. The van der Waals surface area contributed by atoms with E-state index in [9.17, 15) is 14.2 Å². The van der Waals surface area contributed by atoms with Gasteiger partial charge in [-0.25, -0.2) is 4.57 Å². The summed E-state index contributed by atoms with van der Waals surface area (Å²) in [5.74, 6) is -0.887. The molecule has 54 heavy (non-hydrogen) atoms. The molecular weight excluding hydrogens is 699 g/mol. The van der Waals surface area contributed by atoms with Crippen LogP contribution in [-0.4, -0.2) is 41.0 Å². The van der Waals surface area contributed by atoms with Crippen molar-refractivity contribution in [1.29, 1.82) is 0 Å². The molecule has 0 bridgehead atoms. The molecule has 0 rings (SSSR count). The lowest BCUT2D eigenvalue weighted by molar-refractivity contribution is -0.161. The Kier molecular flexibility index (Phi) is 40.1. The van der Waals surface area contributed by atoms with Crippen molar-refractivity contribution in [3.05, 3.63) is 24.3 Å². The Morgan fingerprint density at radius 1 is 0.463 bits per heavy atom. The summed E-state index contributed by atoms with van der Waals surface area (Å²) in [6, 6.07) is 0. The summed E-state index contributed by atoms with van der Waals surface area (Å²) in [7, 11) is -4.75. The van der Waals surface area contributed by atoms with Gasteiger partial charge >= 0.3 is 19.8 Å². The van der Waals surface area contributed by atoms with Gasteiger partial charge < -0.3 is 19.3 Å². The quantitative estimate of drug-likeness (QED) is 0.0272. The maximum absolute atomic E-state index is 12.4. The van der Waals surface area contributed by atoms with Gasteiger partial charge in [-0.05, 0) is 64.2 Å². The number of hydrogen-bond donors (Lipinski definition) is 2. The van der Waals surface area contributed by atoms with Crippen molar-refractivity contribution in [1.82, 2.24) is 0 Å². The van der Waals surface area contributed by atoms with E-state index in [4.69, 9.17) is 19.3 Å². The van der Waals surface area contributed by atoms with Crippen LogP contribution in [-0.2, 0) is 28.2 Å². The zero-order chi connectivity index (χ0) is 39.6. The molecule has 0 spiro atoms. The standard InChI is InChI=1S/C45H85O8P/c1-3-5-7-9-11-13-15-17-19-20-21-22-23-24-26-27-29-31-33-35-37-39-44(46)51-41-43(42-52-54(48,49)50)53-45(47)40-38-36-34-32-30-28-25-18-16-14-12-10-8-6-4-2/h17-19,25,43H,3-16,20-24,26-42H2,1-2H3,(H2,48,49,50)/b19-17-,25-18-/t43-/m1/s1. The highest BCUT2D eigenvalue weighted by molar-refractivity contribution is 7.46. The fraction of sp³-hybridized carbons (Fsp3) is 0.867. The van der Waals surface area contributed by atoms with E-state index >= 15 is 0 Å². The zero-order valence-electron chi connectivity index (χ0n) is 35.1. The molecule has 0 saturated carbocycles. The molecule has 0 heterocycles. The first kappa shape index (κ1) is 52.5. The van der Waals surface area contributed by atoms with Crippen LogP contribution in [0.3, 0.4) is 0 Å². The first-order chi connectivity index (χ1) is 26.3. The third-order valence-corrected chi connectivity index (χ3v) is 10.4. The molecule has 0 amide bonds. The van der Waals surface area contributed by atoms with E-state index in [1.54, 1.807) is 0 Å². The predicted molar refractivity (Wildman–Crippen MR) is 225 cm³/mol. The third-order valence-electron chi connectivity index (χ3n) is 9.94. The summed E-state index contributed by atoms with van der Waals surface area (Å²) < 4.78 is 26.4. The Labute approximate surface area is 332 Å².